The summed E-state index contributed by atoms with van der Waals surface area (Å²) in [7, 11) is 0. The first kappa shape index (κ1) is 20.9. The molecular weight excluding hydrogens is 380 g/mol. The first-order valence-corrected chi connectivity index (χ1v) is 10.8. The van der Waals surface area contributed by atoms with Crippen LogP contribution in [-0.4, -0.2) is 48.4 Å². The van der Waals surface area contributed by atoms with Gasteiger partial charge in [0.15, 0.2) is 5.76 Å². The van der Waals surface area contributed by atoms with Crippen molar-refractivity contribution in [3.8, 4) is 0 Å². The Morgan fingerprint density at radius 1 is 1.23 bits per heavy atom. The number of rotatable bonds is 7. The number of nitrogens with one attached hydrogen (secondary N) is 2. The number of amides is 2. The number of benzene rings is 1. The number of hydrogen-bond acceptors (Lipinski definition) is 5. The van der Waals surface area contributed by atoms with Gasteiger partial charge in [0.2, 0.25) is 0 Å². The zero-order chi connectivity index (χ0) is 21.0. The van der Waals surface area contributed by atoms with Crippen LogP contribution < -0.4 is 10.6 Å². The lowest BCUT2D eigenvalue weighted by Crippen LogP contribution is -2.60. The van der Waals surface area contributed by atoms with Gasteiger partial charge in [-0.25, -0.2) is 4.79 Å². The van der Waals surface area contributed by atoms with Gasteiger partial charge in [-0.2, -0.15) is 0 Å². The lowest BCUT2D eigenvalue weighted by molar-refractivity contribution is 0.0199. The van der Waals surface area contributed by atoms with Crippen LogP contribution >= 0.6 is 0 Å². The number of urea groups is 1. The molecule has 2 fully saturated rings. The summed E-state index contributed by atoms with van der Waals surface area (Å²) in [6.07, 6.45) is 1.83. The number of ether oxygens (including phenoxy) is 1. The minimum atomic E-state index is -0.107. The average Bonchev–Trinajstić information content (AvgIpc) is 3.20. The van der Waals surface area contributed by atoms with Crippen LogP contribution in [0.5, 0.6) is 0 Å². The molecule has 7 nitrogen and oxygen atoms in total. The normalized spacial score (nSPS) is 23.5. The maximum Gasteiger partial charge on any atom is 0.315 e. The van der Waals surface area contributed by atoms with Gasteiger partial charge in [-0.05, 0) is 29.7 Å². The minimum absolute atomic E-state index is 0.0212. The van der Waals surface area contributed by atoms with Crippen LogP contribution in [0.15, 0.2) is 40.9 Å². The number of morpholine rings is 1. The number of hydrogen-bond donors (Lipinski definition) is 2. The molecule has 1 aromatic heterocycles. The highest BCUT2D eigenvalue weighted by Gasteiger charge is 2.48. The molecule has 1 saturated heterocycles. The molecule has 2 atom stereocenters. The van der Waals surface area contributed by atoms with Crippen molar-refractivity contribution in [2.75, 3.05) is 26.3 Å². The molecule has 2 aliphatic rings. The van der Waals surface area contributed by atoms with Gasteiger partial charge in [-0.3, -0.25) is 4.90 Å². The molecule has 1 saturated carbocycles. The van der Waals surface area contributed by atoms with Crippen molar-refractivity contribution in [2.45, 2.75) is 45.8 Å². The maximum atomic E-state index is 12.3. The molecule has 1 aliphatic heterocycles. The maximum absolute atomic E-state index is 12.3. The molecule has 0 spiro atoms. The second-order valence-corrected chi connectivity index (χ2v) is 9.00. The third kappa shape index (κ3) is 5.02. The Morgan fingerprint density at radius 3 is 2.73 bits per heavy atom. The number of nitrogens with zero attached hydrogens (tertiary/aromatic N) is 2. The number of carbonyl (C=O) groups excluding carboxylic acids is 1. The van der Waals surface area contributed by atoms with E-state index in [0.717, 1.165) is 62.7 Å². The van der Waals surface area contributed by atoms with Crippen LogP contribution in [0.1, 0.15) is 37.3 Å². The fraction of sp³-hybridized carbons (Fsp3) is 0.565. The van der Waals surface area contributed by atoms with E-state index in [1.54, 1.807) is 0 Å². The molecular formula is C23H32N4O3. The summed E-state index contributed by atoms with van der Waals surface area (Å²) >= 11 is 0. The van der Waals surface area contributed by atoms with Crippen LogP contribution in [0.4, 0.5) is 4.79 Å². The molecule has 2 amide bonds. The Morgan fingerprint density at radius 2 is 2.00 bits per heavy atom. The summed E-state index contributed by atoms with van der Waals surface area (Å²) < 4.78 is 11.0. The Kier molecular flexibility index (Phi) is 6.39. The fourth-order valence-corrected chi connectivity index (χ4v) is 4.35. The summed E-state index contributed by atoms with van der Waals surface area (Å²) in [5.41, 5.74) is 2.12. The van der Waals surface area contributed by atoms with Gasteiger partial charge < -0.3 is 19.9 Å². The summed E-state index contributed by atoms with van der Waals surface area (Å²) in [4.78, 5) is 14.6. The van der Waals surface area contributed by atoms with E-state index < -0.39 is 0 Å². The molecule has 162 valence electrons. The van der Waals surface area contributed by atoms with E-state index >= 15 is 0 Å². The van der Waals surface area contributed by atoms with Gasteiger partial charge in [-0.15, -0.1) is 0 Å². The van der Waals surface area contributed by atoms with Crippen LogP contribution in [-0.2, 0) is 24.2 Å². The predicted octanol–water partition coefficient (Wildman–Crippen LogP) is 2.96. The van der Waals surface area contributed by atoms with E-state index in [4.69, 9.17) is 9.26 Å². The number of carbonyl (C=O) groups is 1. The number of aromatic nitrogens is 1. The molecule has 7 heteroatoms. The highest BCUT2D eigenvalue weighted by Crippen LogP contribution is 2.47. The van der Waals surface area contributed by atoms with Crippen LogP contribution in [0, 0.1) is 11.3 Å². The average molecular weight is 413 g/mol. The molecule has 1 aromatic carbocycles. The highest BCUT2D eigenvalue weighted by molar-refractivity contribution is 5.74. The summed E-state index contributed by atoms with van der Waals surface area (Å²) in [6, 6.07) is 12.1. The Hall–Kier alpha value is -2.38. The second kappa shape index (κ2) is 9.18. The Labute approximate surface area is 178 Å². The van der Waals surface area contributed by atoms with Crippen molar-refractivity contribution in [3.63, 3.8) is 0 Å². The second-order valence-electron chi connectivity index (χ2n) is 9.00. The van der Waals surface area contributed by atoms with Gasteiger partial charge >= 0.3 is 6.03 Å². The lowest BCUT2D eigenvalue weighted by atomic mass is 9.57. The molecule has 0 unspecified atom stereocenters. The minimum Gasteiger partial charge on any atom is -0.379 e. The third-order valence-electron chi connectivity index (χ3n) is 6.62. The predicted molar refractivity (Wildman–Crippen MR) is 114 cm³/mol. The van der Waals surface area contributed by atoms with E-state index in [-0.39, 0.29) is 17.5 Å². The van der Waals surface area contributed by atoms with Crippen molar-refractivity contribution in [1.82, 2.24) is 20.7 Å². The van der Waals surface area contributed by atoms with E-state index in [1.165, 1.54) is 0 Å². The zero-order valence-corrected chi connectivity index (χ0v) is 17.9. The molecule has 2 aromatic rings. The lowest BCUT2D eigenvalue weighted by Gasteiger charge is -2.52. The monoisotopic (exact) mass is 412 g/mol. The smallest absolute Gasteiger partial charge is 0.315 e. The van der Waals surface area contributed by atoms with Crippen molar-refractivity contribution in [3.05, 3.63) is 53.4 Å². The van der Waals surface area contributed by atoms with Crippen LogP contribution in [0.25, 0.3) is 0 Å². The Bertz CT molecular complexity index is 830. The molecule has 1 aliphatic carbocycles. The third-order valence-corrected chi connectivity index (χ3v) is 6.62. The van der Waals surface area contributed by atoms with Gasteiger partial charge in [0.05, 0.1) is 25.5 Å². The van der Waals surface area contributed by atoms with Gasteiger partial charge in [0, 0.05) is 31.7 Å². The van der Waals surface area contributed by atoms with Crippen LogP contribution in [0.2, 0.25) is 0 Å². The fourth-order valence-electron chi connectivity index (χ4n) is 4.35. The summed E-state index contributed by atoms with van der Waals surface area (Å²) in [5.74, 6) is 1.39. The van der Waals surface area contributed by atoms with Crippen molar-refractivity contribution >= 4 is 6.03 Å². The van der Waals surface area contributed by atoms with Crippen molar-refractivity contribution in [2.24, 2.45) is 11.3 Å². The highest BCUT2D eigenvalue weighted by atomic mass is 16.5. The first-order valence-electron chi connectivity index (χ1n) is 10.8. The van der Waals surface area contributed by atoms with Gasteiger partial charge in [-0.1, -0.05) is 49.3 Å². The zero-order valence-electron chi connectivity index (χ0n) is 17.9. The summed E-state index contributed by atoms with van der Waals surface area (Å²) in [6.45, 7) is 9.20. The SMILES string of the molecule is CC1(C)[C@H](Cc2cc(CN3CCOCC3)on2)C[C@@H]1NC(=O)NCc1ccccc1. The van der Waals surface area contributed by atoms with Crippen molar-refractivity contribution in [1.29, 1.82) is 0 Å². The van der Waals surface area contributed by atoms with E-state index in [9.17, 15) is 4.79 Å². The Balaban J connectivity index is 1.22. The van der Waals surface area contributed by atoms with Gasteiger partial charge in [0.1, 0.15) is 0 Å². The van der Waals surface area contributed by atoms with Crippen molar-refractivity contribution < 1.29 is 14.1 Å². The first-order chi connectivity index (χ1) is 14.5. The molecule has 2 N–H and O–H groups in total. The molecule has 0 radical (unpaired) electrons. The summed E-state index contributed by atoms with van der Waals surface area (Å²) in [5, 5.41) is 10.4. The van der Waals surface area contributed by atoms with Gasteiger partial charge in [0.25, 0.3) is 0 Å². The standard InChI is InChI=1S/C23H32N4O3/c1-23(2)18(12-19-14-20(30-26-19)16-27-8-10-29-11-9-27)13-21(23)25-22(28)24-15-17-6-4-3-5-7-17/h3-7,14,18,21H,8-13,15-16H2,1-2H3,(H2,24,25,28)/t18-,21+/m1/s1. The van der Waals surface area contributed by atoms with Crippen LogP contribution in [0.3, 0.4) is 0 Å². The van der Waals surface area contributed by atoms with E-state index in [0.29, 0.717) is 12.5 Å². The van der Waals surface area contributed by atoms with E-state index in [2.05, 4.69) is 40.6 Å². The topological polar surface area (TPSA) is 79.6 Å². The molecule has 0 bridgehead atoms. The quantitative estimate of drug-likeness (QED) is 0.731. The largest absolute Gasteiger partial charge is 0.379 e. The molecule has 2 heterocycles. The molecule has 30 heavy (non-hydrogen) atoms. The molecule has 4 rings (SSSR count). The van der Waals surface area contributed by atoms with E-state index in [1.807, 2.05) is 30.3 Å².